The van der Waals surface area contributed by atoms with Gasteiger partial charge in [0.15, 0.2) is 0 Å². The molecule has 2 aromatic heterocycles. The number of rotatable bonds is 9. The maximum atomic E-state index is 11.7. The zero-order valence-electron chi connectivity index (χ0n) is 27.9. The van der Waals surface area contributed by atoms with Crippen molar-refractivity contribution in [3.05, 3.63) is 70.2 Å². The first-order valence-corrected chi connectivity index (χ1v) is 17.5. The van der Waals surface area contributed by atoms with E-state index in [0.29, 0.717) is 64.6 Å². The van der Waals surface area contributed by atoms with Crippen molar-refractivity contribution >= 4 is 40.8 Å². The van der Waals surface area contributed by atoms with Crippen LogP contribution in [0.5, 0.6) is 5.88 Å². The van der Waals surface area contributed by atoms with Gasteiger partial charge in [0.25, 0.3) is 0 Å². The molecule has 258 valence electrons. The smallest absolute Gasteiger partial charge is 0.237 e. The molecule has 0 aliphatic carbocycles. The monoisotopic (exact) mass is 713 g/mol. The average Bonchev–Trinajstić information content (AvgIpc) is 3.68. The highest BCUT2D eigenvalue weighted by Gasteiger charge is 2.48. The van der Waals surface area contributed by atoms with Gasteiger partial charge < -0.3 is 20.7 Å². The molecule has 4 fully saturated rings. The molecule has 50 heavy (non-hydrogen) atoms. The second-order valence-electron chi connectivity index (χ2n) is 13.8. The van der Waals surface area contributed by atoms with Gasteiger partial charge in [-0.3, -0.25) is 29.4 Å². The fourth-order valence-electron chi connectivity index (χ4n) is 7.82. The van der Waals surface area contributed by atoms with Crippen molar-refractivity contribution in [1.29, 1.82) is 0 Å². The van der Waals surface area contributed by atoms with Crippen LogP contribution in [0.25, 0.3) is 33.6 Å². The van der Waals surface area contributed by atoms with Gasteiger partial charge in [-0.05, 0) is 12.8 Å². The Kier molecular flexibility index (Phi) is 8.37. The van der Waals surface area contributed by atoms with Crippen LogP contribution >= 0.6 is 23.2 Å². The largest absolute Gasteiger partial charge is 0.480 e. The molecule has 0 atom stereocenters. The van der Waals surface area contributed by atoms with Crippen molar-refractivity contribution in [3.8, 4) is 39.5 Å². The molecule has 2 spiro atoms. The zero-order chi connectivity index (χ0) is 34.6. The summed E-state index contributed by atoms with van der Waals surface area (Å²) >= 11 is 14.2. The Balaban J connectivity index is 1.01. The first-order valence-electron chi connectivity index (χ1n) is 16.8. The number of methoxy groups -OCH3 is 1. The summed E-state index contributed by atoms with van der Waals surface area (Å²) in [6, 6.07) is 11.5. The van der Waals surface area contributed by atoms with E-state index in [4.69, 9.17) is 47.9 Å². The minimum atomic E-state index is -0.107. The lowest BCUT2D eigenvalue weighted by Crippen LogP contribution is -2.66. The number of halogens is 2. The third kappa shape index (κ3) is 5.93. The molecular weight excluding hydrogens is 677 g/mol. The van der Waals surface area contributed by atoms with E-state index in [-0.39, 0.29) is 22.9 Å². The quantitative estimate of drug-likeness (QED) is 0.227. The van der Waals surface area contributed by atoms with Gasteiger partial charge in [0.2, 0.25) is 17.7 Å². The van der Waals surface area contributed by atoms with Gasteiger partial charge in [-0.1, -0.05) is 59.6 Å². The summed E-state index contributed by atoms with van der Waals surface area (Å²) < 4.78 is 5.66. The third-order valence-corrected chi connectivity index (χ3v) is 11.1. The van der Waals surface area contributed by atoms with Crippen LogP contribution in [0.4, 0.5) is 5.82 Å². The first-order chi connectivity index (χ1) is 24.2. The number of nitrogens with one attached hydrogen (secondary N) is 3. The lowest BCUT2D eigenvalue weighted by molar-refractivity contribution is -0.121. The van der Waals surface area contributed by atoms with Gasteiger partial charge >= 0.3 is 0 Å². The maximum Gasteiger partial charge on any atom is 0.237 e. The Hall–Kier alpha value is -4.36. The molecule has 12 nitrogen and oxygen atoms in total. The summed E-state index contributed by atoms with van der Waals surface area (Å²) in [5.41, 5.74) is 5.50. The number of carbonyl (C=O) groups is 2. The molecule has 6 heterocycles. The summed E-state index contributed by atoms with van der Waals surface area (Å²) in [7, 11) is 3.42. The Labute approximate surface area is 300 Å². The number of ether oxygens (including phenoxy) is 1. The van der Waals surface area contributed by atoms with E-state index in [2.05, 4.69) is 25.8 Å². The van der Waals surface area contributed by atoms with E-state index < -0.39 is 0 Å². The minimum Gasteiger partial charge on any atom is -0.480 e. The number of benzene rings is 2. The second kappa shape index (κ2) is 12.8. The lowest BCUT2D eigenvalue weighted by atomic mass is 9.88. The summed E-state index contributed by atoms with van der Waals surface area (Å²) in [5.74, 6) is 1.37. The lowest BCUT2D eigenvalue weighted by Gasteiger charge is -2.47. The molecule has 0 bridgehead atoms. The van der Waals surface area contributed by atoms with Gasteiger partial charge in [0.1, 0.15) is 11.5 Å². The van der Waals surface area contributed by atoms with Gasteiger partial charge in [0, 0.05) is 81.4 Å². The number of carbonyl (C=O) groups excluding carboxylic acids is 2. The highest BCUT2D eigenvalue weighted by atomic mass is 35.5. The summed E-state index contributed by atoms with van der Waals surface area (Å²) in [6.45, 7) is 4.39. The molecule has 4 aromatic rings. The van der Waals surface area contributed by atoms with Gasteiger partial charge in [-0.25, -0.2) is 9.97 Å². The van der Waals surface area contributed by atoms with E-state index in [0.717, 1.165) is 67.1 Å². The molecule has 0 saturated carbocycles. The number of amides is 2. The van der Waals surface area contributed by atoms with E-state index in [9.17, 15) is 9.59 Å². The van der Waals surface area contributed by atoms with E-state index in [1.54, 1.807) is 19.5 Å². The number of likely N-dealkylation sites (tertiary alicyclic amines) is 2. The van der Waals surface area contributed by atoms with Crippen molar-refractivity contribution in [2.75, 3.05) is 45.7 Å². The molecule has 4 aliphatic rings. The van der Waals surface area contributed by atoms with Crippen LogP contribution in [-0.4, -0.2) is 93.0 Å². The fourth-order valence-corrected chi connectivity index (χ4v) is 8.47. The zero-order valence-corrected chi connectivity index (χ0v) is 29.4. The van der Waals surface area contributed by atoms with Crippen molar-refractivity contribution < 1.29 is 14.3 Å². The van der Waals surface area contributed by atoms with Gasteiger partial charge in [0.05, 0.1) is 57.7 Å². The highest BCUT2D eigenvalue weighted by molar-refractivity contribution is 6.39. The van der Waals surface area contributed by atoms with E-state index >= 15 is 0 Å². The highest BCUT2D eigenvalue weighted by Crippen LogP contribution is 2.42. The molecule has 0 unspecified atom stereocenters. The van der Waals surface area contributed by atoms with Gasteiger partial charge in [-0.2, -0.15) is 0 Å². The Morgan fingerprint density at radius 2 is 1.24 bits per heavy atom. The second-order valence-corrected chi connectivity index (χ2v) is 14.5. The predicted molar refractivity (Wildman–Crippen MR) is 191 cm³/mol. The predicted octanol–water partition coefficient (Wildman–Crippen LogP) is 4.55. The van der Waals surface area contributed by atoms with Crippen molar-refractivity contribution in [2.45, 2.75) is 49.9 Å². The van der Waals surface area contributed by atoms with Crippen LogP contribution in [-0.2, 0) is 22.7 Å². The molecule has 3 N–H and O–H groups in total. The molecule has 0 radical (unpaired) electrons. The van der Waals surface area contributed by atoms with E-state index in [1.807, 2.05) is 43.4 Å². The van der Waals surface area contributed by atoms with Crippen LogP contribution in [0.3, 0.4) is 0 Å². The van der Waals surface area contributed by atoms with Crippen LogP contribution < -0.4 is 20.7 Å². The Morgan fingerprint density at radius 1 is 0.760 bits per heavy atom. The summed E-state index contributed by atoms with van der Waals surface area (Å²) in [4.78, 5) is 47.2. The standard InChI is InChI=1S/C36H37Cl2N9O3/c1-39-33-27(15-46-17-35(18-46)11-9-29(48)44-35)40-13-25(42-33)23-7-3-5-21(31(23)37)22-6-4-8-24(32(22)38)26-14-41-28(34(43-26)50-2)16-47-19-36(20-47)12-10-30(49)45-36/h3-8,13-14H,9-12,15-20H2,1-2H3,(H,39,42)(H,44,48)(H,45,49). The van der Waals surface area contributed by atoms with Crippen LogP contribution in [0.15, 0.2) is 48.8 Å². The van der Waals surface area contributed by atoms with Crippen LogP contribution in [0.2, 0.25) is 10.0 Å². The van der Waals surface area contributed by atoms with Crippen molar-refractivity contribution in [3.63, 3.8) is 0 Å². The van der Waals surface area contributed by atoms with E-state index in [1.165, 1.54) is 0 Å². The van der Waals surface area contributed by atoms with Gasteiger partial charge in [-0.15, -0.1) is 0 Å². The maximum absolute atomic E-state index is 11.7. The molecule has 8 rings (SSSR count). The molecule has 2 amide bonds. The number of aromatic nitrogens is 4. The molecule has 14 heteroatoms. The van der Waals surface area contributed by atoms with Crippen LogP contribution in [0.1, 0.15) is 37.1 Å². The molecule has 2 aromatic carbocycles. The minimum absolute atomic E-state index is 0.0893. The topological polar surface area (TPSA) is 138 Å². The van der Waals surface area contributed by atoms with Crippen molar-refractivity contribution in [2.24, 2.45) is 0 Å². The van der Waals surface area contributed by atoms with Crippen molar-refractivity contribution in [1.82, 2.24) is 40.4 Å². The number of hydrogen-bond acceptors (Lipinski definition) is 10. The Bertz CT molecular complexity index is 1870. The average molecular weight is 715 g/mol. The normalized spacial score (nSPS) is 19.3. The third-order valence-electron chi connectivity index (χ3n) is 10.3. The summed E-state index contributed by atoms with van der Waals surface area (Å²) in [6.07, 6.45) is 6.40. The first kappa shape index (κ1) is 32.8. The summed E-state index contributed by atoms with van der Waals surface area (Å²) in [5, 5.41) is 10.4. The fraction of sp³-hybridized carbons (Fsp3) is 0.389. The number of hydrogen-bond donors (Lipinski definition) is 3. The Morgan fingerprint density at radius 3 is 1.72 bits per heavy atom. The number of anilines is 1. The molecular formula is C36H37Cl2N9O3. The number of nitrogens with zero attached hydrogens (tertiary/aromatic N) is 6. The molecule has 4 saturated heterocycles. The molecule has 4 aliphatic heterocycles. The SMILES string of the molecule is CNc1nc(-c2cccc(-c3cccc(-c4cnc(CN5CC6(CCC(=O)N6)C5)c(OC)n4)c3Cl)c2Cl)cnc1CN1CC2(CCC(=O)N2)C1. The van der Waals surface area contributed by atoms with Crippen LogP contribution in [0, 0.1) is 0 Å².